The molecule has 0 saturated carbocycles. The number of nitrogens with zero attached hydrogens (tertiary/aromatic N) is 1. The molecule has 0 fully saturated rings. The van der Waals surface area contributed by atoms with E-state index in [9.17, 15) is 0 Å². The number of fused-ring (bicyclic) bond motifs is 2. The van der Waals surface area contributed by atoms with Crippen LogP contribution in [-0.4, -0.2) is 0 Å². The van der Waals surface area contributed by atoms with Crippen molar-refractivity contribution in [2.24, 2.45) is 0 Å². The van der Waals surface area contributed by atoms with Crippen LogP contribution in [-0.2, 0) is 0 Å². The van der Waals surface area contributed by atoms with Crippen molar-refractivity contribution in [2.75, 3.05) is 4.90 Å². The molecule has 0 amide bonds. The van der Waals surface area contributed by atoms with E-state index < -0.39 is 0 Å². The molecule has 72 heavy (non-hydrogen) atoms. The van der Waals surface area contributed by atoms with Crippen molar-refractivity contribution in [3.05, 3.63) is 222 Å². The molecular formula is C70H69NO. The fourth-order valence-corrected chi connectivity index (χ4v) is 10.3. The summed E-state index contributed by atoms with van der Waals surface area (Å²) in [7, 11) is 0. The average molecular weight is 940 g/mol. The molecule has 0 N–H and O–H groups in total. The van der Waals surface area contributed by atoms with Gasteiger partial charge in [0.1, 0.15) is 0 Å². The zero-order valence-electron chi connectivity index (χ0n) is 43.5. The van der Waals surface area contributed by atoms with Gasteiger partial charge in [-0.05, 0) is 217 Å². The summed E-state index contributed by atoms with van der Waals surface area (Å²) in [5, 5.41) is 0. The van der Waals surface area contributed by atoms with Gasteiger partial charge in [-0.3, -0.25) is 0 Å². The van der Waals surface area contributed by atoms with Gasteiger partial charge in [0.25, 0.3) is 0 Å². The van der Waals surface area contributed by atoms with E-state index in [1.807, 2.05) is 0 Å². The molecule has 2 heteroatoms. The van der Waals surface area contributed by atoms with Crippen molar-refractivity contribution < 1.29 is 4.74 Å². The molecule has 0 radical (unpaired) electrons. The molecule has 0 aliphatic carbocycles. The minimum atomic E-state index is 0.508. The first-order chi connectivity index (χ1) is 35.1. The van der Waals surface area contributed by atoms with Gasteiger partial charge in [-0.15, -0.1) is 0 Å². The predicted molar refractivity (Wildman–Crippen MR) is 309 cm³/mol. The third-order valence-electron chi connectivity index (χ3n) is 15.8. The highest BCUT2D eigenvalue weighted by atomic mass is 16.5. The molecule has 1 aliphatic rings. The Labute approximate surface area is 430 Å². The van der Waals surface area contributed by atoms with E-state index in [1.54, 1.807) is 0 Å². The molecule has 4 atom stereocenters. The average Bonchev–Trinajstić information content (AvgIpc) is 3.45. The van der Waals surface area contributed by atoms with Crippen molar-refractivity contribution in [2.45, 2.75) is 105 Å². The second kappa shape index (κ2) is 21.1. The highest BCUT2D eigenvalue weighted by Gasteiger charge is 2.27. The summed E-state index contributed by atoms with van der Waals surface area (Å²) in [5.74, 6) is 3.70. The first kappa shape index (κ1) is 48.2. The number of hydrogen-bond acceptors (Lipinski definition) is 2. The van der Waals surface area contributed by atoms with E-state index in [0.717, 1.165) is 76.5 Å². The van der Waals surface area contributed by atoms with Gasteiger partial charge in [0.05, 0.1) is 11.4 Å². The topological polar surface area (TPSA) is 12.5 Å². The van der Waals surface area contributed by atoms with Gasteiger partial charge in [0.15, 0.2) is 11.5 Å². The van der Waals surface area contributed by atoms with Gasteiger partial charge >= 0.3 is 0 Å². The Bertz CT molecular complexity index is 2950. The van der Waals surface area contributed by atoms with E-state index in [4.69, 9.17) is 4.74 Å². The van der Waals surface area contributed by atoms with Gasteiger partial charge in [-0.2, -0.15) is 0 Å². The maximum atomic E-state index is 6.60. The van der Waals surface area contributed by atoms with Crippen LogP contribution in [0, 0.1) is 0 Å². The standard InChI is InChI=1S/C70H69NO/c1-9-46(5)50-21-29-54(30-22-50)58-37-59(55-31-23-51(24-32-55)47(6)10-2)40-62(39-58)64-43-65(45-66(44-64)71-67-17-13-15-19-69(67)72-70-20-16-14-18-68(70)71)63-41-60(56-33-25-52(26-34-56)48(7)11-3)38-61(42-63)57-35-27-53(28-36-57)49(8)12-4/h13-49H,9-12H2,1-8H3. The van der Waals surface area contributed by atoms with Gasteiger partial charge in [0.2, 0.25) is 0 Å². The Morgan fingerprint density at radius 2 is 0.528 bits per heavy atom. The molecule has 1 aliphatic heterocycles. The molecular weight excluding hydrogens is 871 g/mol. The SMILES string of the molecule is CCC(C)c1ccc(-c2cc(-c3ccc(C(C)CC)cc3)cc(-c3cc(-c4cc(-c5ccc(C(C)CC)cc5)cc(-c5ccc(C(C)CC)cc5)c4)cc(N4c5ccccc5Oc5ccccc54)c3)c2)cc1. The molecule has 0 saturated heterocycles. The van der Waals surface area contributed by atoms with Crippen molar-refractivity contribution >= 4 is 17.1 Å². The van der Waals surface area contributed by atoms with Gasteiger partial charge in [-0.25, -0.2) is 0 Å². The van der Waals surface area contributed by atoms with Gasteiger partial charge in [0, 0.05) is 5.69 Å². The molecule has 9 aromatic carbocycles. The summed E-state index contributed by atoms with van der Waals surface area (Å²) >= 11 is 0. The summed E-state index contributed by atoms with van der Waals surface area (Å²) < 4.78 is 6.60. The lowest BCUT2D eigenvalue weighted by Crippen LogP contribution is -2.15. The summed E-state index contributed by atoms with van der Waals surface area (Å²) in [6.45, 7) is 18.3. The molecule has 10 rings (SSSR count). The Hall–Kier alpha value is -7.42. The molecule has 0 bridgehead atoms. The largest absolute Gasteiger partial charge is 0.453 e. The number of para-hydroxylation sites is 4. The van der Waals surface area contributed by atoms with Crippen LogP contribution in [0.4, 0.5) is 17.1 Å². The minimum Gasteiger partial charge on any atom is -0.453 e. The summed E-state index contributed by atoms with van der Waals surface area (Å²) in [5.41, 5.74) is 22.8. The van der Waals surface area contributed by atoms with Crippen LogP contribution in [0.25, 0.3) is 66.8 Å². The number of ether oxygens (including phenoxy) is 1. The number of benzene rings is 9. The lowest BCUT2D eigenvalue weighted by Gasteiger charge is -2.33. The van der Waals surface area contributed by atoms with E-state index in [2.05, 4.69) is 260 Å². The highest BCUT2D eigenvalue weighted by molar-refractivity contribution is 5.92. The zero-order valence-corrected chi connectivity index (χ0v) is 43.5. The van der Waals surface area contributed by atoms with Crippen LogP contribution in [0.15, 0.2) is 200 Å². The predicted octanol–water partition coefficient (Wildman–Crippen LogP) is 21.3. The van der Waals surface area contributed by atoms with Gasteiger partial charge < -0.3 is 9.64 Å². The lowest BCUT2D eigenvalue weighted by atomic mass is 9.88. The minimum absolute atomic E-state index is 0.508. The monoisotopic (exact) mass is 940 g/mol. The Kier molecular flexibility index (Phi) is 14.1. The van der Waals surface area contributed by atoms with E-state index in [0.29, 0.717) is 23.7 Å². The molecule has 4 unspecified atom stereocenters. The maximum Gasteiger partial charge on any atom is 0.151 e. The summed E-state index contributed by atoms with van der Waals surface area (Å²) in [6, 6.07) is 75.5. The zero-order chi connectivity index (χ0) is 49.9. The lowest BCUT2D eigenvalue weighted by molar-refractivity contribution is 0.477. The van der Waals surface area contributed by atoms with Crippen molar-refractivity contribution in [3.8, 4) is 78.3 Å². The second-order valence-electron chi connectivity index (χ2n) is 20.5. The van der Waals surface area contributed by atoms with Crippen LogP contribution < -0.4 is 9.64 Å². The fraction of sp³-hybridized carbons (Fsp3) is 0.229. The summed E-state index contributed by atoms with van der Waals surface area (Å²) in [6.07, 6.45) is 4.45. The Balaban J connectivity index is 1.21. The quantitative estimate of drug-likeness (QED) is 0.102. The first-order valence-corrected chi connectivity index (χ1v) is 26.6. The number of rotatable bonds is 15. The third-order valence-corrected chi connectivity index (χ3v) is 15.8. The van der Waals surface area contributed by atoms with Crippen LogP contribution in [0.1, 0.15) is 127 Å². The van der Waals surface area contributed by atoms with Crippen LogP contribution in [0.3, 0.4) is 0 Å². The smallest absolute Gasteiger partial charge is 0.151 e. The molecule has 1 heterocycles. The molecule has 2 nitrogen and oxygen atoms in total. The number of hydrogen-bond donors (Lipinski definition) is 0. The maximum absolute atomic E-state index is 6.60. The molecule has 9 aromatic rings. The summed E-state index contributed by atoms with van der Waals surface area (Å²) in [4.78, 5) is 2.39. The Morgan fingerprint density at radius 1 is 0.292 bits per heavy atom. The third kappa shape index (κ3) is 9.93. The van der Waals surface area contributed by atoms with Crippen molar-refractivity contribution in [1.82, 2.24) is 0 Å². The molecule has 0 spiro atoms. The number of anilines is 3. The van der Waals surface area contributed by atoms with Crippen LogP contribution >= 0.6 is 0 Å². The van der Waals surface area contributed by atoms with Crippen LogP contribution in [0.5, 0.6) is 11.5 Å². The fourth-order valence-electron chi connectivity index (χ4n) is 10.3. The highest BCUT2D eigenvalue weighted by Crippen LogP contribution is 2.52. The van der Waals surface area contributed by atoms with E-state index in [1.165, 1.54) is 66.8 Å². The van der Waals surface area contributed by atoms with E-state index in [-0.39, 0.29) is 0 Å². The van der Waals surface area contributed by atoms with Crippen molar-refractivity contribution in [3.63, 3.8) is 0 Å². The second-order valence-corrected chi connectivity index (χ2v) is 20.5. The van der Waals surface area contributed by atoms with Gasteiger partial charge in [-0.1, -0.05) is 177 Å². The first-order valence-electron chi connectivity index (χ1n) is 26.6. The molecule has 0 aromatic heterocycles. The van der Waals surface area contributed by atoms with Crippen LogP contribution in [0.2, 0.25) is 0 Å². The Morgan fingerprint density at radius 3 is 0.792 bits per heavy atom. The van der Waals surface area contributed by atoms with E-state index >= 15 is 0 Å². The molecule has 360 valence electrons. The normalized spacial score (nSPS) is 13.6. The van der Waals surface area contributed by atoms with Crippen molar-refractivity contribution in [1.29, 1.82) is 0 Å².